The van der Waals surface area contributed by atoms with Crippen LogP contribution in [0.4, 0.5) is 5.69 Å². The highest BCUT2D eigenvalue weighted by Gasteiger charge is 2.04. The third kappa shape index (κ3) is 2.09. The van der Waals surface area contributed by atoms with Gasteiger partial charge in [-0.15, -0.1) is 0 Å². The van der Waals surface area contributed by atoms with Crippen molar-refractivity contribution < 1.29 is 0 Å². The van der Waals surface area contributed by atoms with Crippen LogP contribution in [0.3, 0.4) is 0 Å². The minimum Gasteiger partial charge on any atom is -0.382 e. The first-order valence-electron chi connectivity index (χ1n) is 5.40. The molecule has 15 heavy (non-hydrogen) atoms. The third-order valence-electron chi connectivity index (χ3n) is 2.67. The Hall–Kier alpha value is -1.58. The zero-order chi connectivity index (χ0) is 10.7. The molecule has 0 radical (unpaired) electrons. The predicted octanol–water partition coefficient (Wildman–Crippen LogP) is 2.56. The topological polar surface area (TPSA) is 53.6 Å². The first-order chi connectivity index (χ1) is 7.33. The number of hydrogen-bond donors (Lipinski definition) is 2. The smallest absolute Gasteiger partial charge is 0.115 e. The monoisotopic (exact) mass is 204 g/mol. The van der Waals surface area contributed by atoms with E-state index < -0.39 is 0 Å². The van der Waals surface area contributed by atoms with Crippen LogP contribution in [0.1, 0.15) is 26.7 Å². The van der Waals surface area contributed by atoms with E-state index in [1.165, 1.54) is 0 Å². The van der Waals surface area contributed by atoms with Gasteiger partial charge in [0, 0.05) is 11.7 Å². The molecular formula is C11H16N4. The summed E-state index contributed by atoms with van der Waals surface area (Å²) in [5.41, 5.74) is 2.93. The van der Waals surface area contributed by atoms with E-state index in [4.69, 9.17) is 0 Å². The van der Waals surface area contributed by atoms with Crippen molar-refractivity contribution in [2.75, 3.05) is 5.32 Å². The van der Waals surface area contributed by atoms with Gasteiger partial charge in [0.15, 0.2) is 0 Å². The van der Waals surface area contributed by atoms with Crippen LogP contribution in [0.15, 0.2) is 18.2 Å². The minimum absolute atomic E-state index is 0.536. The maximum absolute atomic E-state index is 4.06. The Bertz CT molecular complexity index is 431. The fourth-order valence-electron chi connectivity index (χ4n) is 1.66. The average molecular weight is 204 g/mol. The molecule has 4 nitrogen and oxygen atoms in total. The highest BCUT2D eigenvalue weighted by molar-refractivity contribution is 5.77. The second-order valence-electron chi connectivity index (χ2n) is 3.68. The van der Waals surface area contributed by atoms with Crippen LogP contribution in [0.25, 0.3) is 11.0 Å². The molecule has 80 valence electrons. The van der Waals surface area contributed by atoms with Crippen LogP contribution in [-0.4, -0.2) is 21.5 Å². The summed E-state index contributed by atoms with van der Waals surface area (Å²) in [4.78, 5) is 0. The van der Waals surface area contributed by atoms with E-state index in [-0.39, 0.29) is 0 Å². The van der Waals surface area contributed by atoms with Crippen LogP contribution in [0, 0.1) is 0 Å². The fraction of sp³-hybridized carbons (Fsp3) is 0.455. The van der Waals surface area contributed by atoms with Crippen LogP contribution in [0.2, 0.25) is 0 Å². The summed E-state index contributed by atoms with van der Waals surface area (Å²) in [6.45, 7) is 4.38. The Morgan fingerprint density at radius 1 is 1.20 bits per heavy atom. The highest BCUT2D eigenvalue weighted by Crippen LogP contribution is 2.16. The maximum atomic E-state index is 4.06. The second-order valence-corrected chi connectivity index (χ2v) is 3.68. The lowest BCUT2D eigenvalue weighted by Crippen LogP contribution is -2.16. The first-order valence-corrected chi connectivity index (χ1v) is 5.40. The molecule has 0 aliphatic heterocycles. The molecule has 2 aromatic rings. The van der Waals surface area contributed by atoms with E-state index in [1.807, 2.05) is 18.2 Å². The number of H-pyrrole nitrogens is 1. The van der Waals surface area contributed by atoms with Gasteiger partial charge in [-0.25, -0.2) is 0 Å². The van der Waals surface area contributed by atoms with Gasteiger partial charge in [-0.1, -0.05) is 13.8 Å². The van der Waals surface area contributed by atoms with Gasteiger partial charge in [0.1, 0.15) is 11.0 Å². The number of benzene rings is 1. The van der Waals surface area contributed by atoms with Crippen molar-refractivity contribution in [3.63, 3.8) is 0 Å². The Kier molecular flexibility index (Phi) is 2.85. The number of aromatic amines is 1. The van der Waals surface area contributed by atoms with Crippen molar-refractivity contribution in [1.29, 1.82) is 0 Å². The summed E-state index contributed by atoms with van der Waals surface area (Å²) in [7, 11) is 0. The molecule has 1 aromatic carbocycles. The quantitative estimate of drug-likeness (QED) is 0.804. The average Bonchev–Trinajstić information content (AvgIpc) is 2.73. The van der Waals surface area contributed by atoms with Crippen molar-refractivity contribution in [2.24, 2.45) is 0 Å². The Balaban J connectivity index is 2.20. The van der Waals surface area contributed by atoms with Gasteiger partial charge in [0.05, 0.1) is 0 Å². The van der Waals surface area contributed by atoms with Crippen LogP contribution in [-0.2, 0) is 0 Å². The standard InChI is InChI=1S/C11H16N4/c1-3-8(4-2)12-9-5-6-10-11(7-9)14-15-13-10/h5-8,12H,3-4H2,1-2H3,(H,13,14,15). The third-order valence-corrected chi connectivity index (χ3v) is 2.67. The highest BCUT2D eigenvalue weighted by atomic mass is 15.3. The van der Waals surface area contributed by atoms with E-state index in [1.54, 1.807) is 0 Å². The van der Waals surface area contributed by atoms with Gasteiger partial charge < -0.3 is 5.32 Å². The predicted molar refractivity (Wildman–Crippen MR) is 61.9 cm³/mol. The molecule has 2 N–H and O–H groups in total. The Morgan fingerprint density at radius 3 is 2.67 bits per heavy atom. The van der Waals surface area contributed by atoms with E-state index in [0.29, 0.717) is 6.04 Å². The zero-order valence-electron chi connectivity index (χ0n) is 9.12. The minimum atomic E-state index is 0.536. The van der Waals surface area contributed by atoms with Gasteiger partial charge in [0.2, 0.25) is 0 Å². The molecule has 4 heteroatoms. The molecule has 0 aliphatic carbocycles. The summed E-state index contributed by atoms with van der Waals surface area (Å²) in [6.07, 6.45) is 2.26. The molecule has 1 aromatic heterocycles. The lowest BCUT2D eigenvalue weighted by molar-refractivity contribution is 0.672. The maximum Gasteiger partial charge on any atom is 0.115 e. The zero-order valence-corrected chi connectivity index (χ0v) is 9.12. The lowest BCUT2D eigenvalue weighted by atomic mass is 10.1. The van der Waals surface area contributed by atoms with Gasteiger partial charge in [-0.3, -0.25) is 0 Å². The number of nitrogens with one attached hydrogen (secondary N) is 2. The molecule has 2 rings (SSSR count). The SMILES string of the molecule is CCC(CC)Nc1ccc2n[nH]nc2c1. The molecule has 0 fully saturated rings. The molecular weight excluding hydrogens is 188 g/mol. The van der Waals surface area contributed by atoms with E-state index in [9.17, 15) is 0 Å². The summed E-state index contributed by atoms with van der Waals surface area (Å²) < 4.78 is 0. The molecule has 0 saturated carbocycles. The number of rotatable bonds is 4. The van der Waals surface area contributed by atoms with Crippen molar-refractivity contribution in [1.82, 2.24) is 15.4 Å². The van der Waals surface area contributed by atoms with Gasteiger partial charge >= 0.3 is 0 Å². The first kappa shape index (κ1) is 9.96. The fourth-order valence-corrected chi connectivity index (χ4v) is 1.66. The largest absolute Gasteiger partial charge is 0.382 e. The van der Waals surface area contributed by atoms with Crippen LogP contribution >= 0.6 is 0 Å². The summed E-state index contributed by atoms with van der Waals surface area (Å²) in [5, 5.41) is 14.2. The Labute approximate surface area is 89.1 Å². The molecule has 0 unspecified atom stereocenters. The summed E-state index contributed by atoms with van der Waals surface area (Å²) in [6, 6.07) is 6.58. The van der Waals surface area contributed by atoms with Crippen molar-refractivity contribution in [2.45, 2.75) is 32.7 Å². The van der Waals surface area contributed by atoms with Gasteiger partial charge in [0.25, 0.3) is 0 Å². The molecule has 0 bridgehead atoms. The van der Waals surface area contributed by atoms with Crippen molar-refractivity contribution in [3.05, 3.63) is 18.2 Å². The Morgan fingerprint density at radius 2 is 1.93 bits per heavy atom. The van der Waals surface area contributed by atoms with Gasteiger partial charge in [-0.05, 0) is 31.0 Å². The van der Waals surface area contributed by atoms with E-state index in [0.717, 1.165) is 29.6 Å². The number of nitrogens with zero attached hydrogens (tertiary/aromatic N) is 2. The number of fused-ring (bicyclic) bond motifs is 1. The van der Waals surface area contributed by atoms with E-state index >= 15 is 0 Å². The second kappa shape index (κ2) is 4.29. The van der Waals surface area contributed by atoms with E-state index in [2.05, 4.69) is 34.6 Å². The van der Waals surface area contributed by atoms with Crippen molar-refractivity contribution >= 4 is 16.7 Å². The number of aromatic nitrogens is 3. The van der Waals surface area contributed by atoms with Crippen molar-refractivity contribution in [3.8, 4) is 0 Å². The molecule has 1 heterocycles. The van der Waals surface area contributed by atoms with Crippen LogP contribution < -0.4 is 5.32 Å². The molecule has 0 atom stereocenters. The number of anilines is 1. The molecule has 0 aliphatic rings. The summed E-state index contributed by atoms with van der Waals surface area (Å²) >= 11 is 0. The lowest BCUT2D eigenvalue weighted by Gasteiger charge is -2.15. The van der Waals surface area contributed by atoms with Gasteiger partial charge in [-0.2, -0.15) is 15.4 Å². The number of hydrogen-bond acceptors (Lipinski definition) is 3. The van der Waals surface area contributed by atoms with Crippen LogP contribution in [0.5, 0.6) is 0 Å². The molecule has 0 spiro atoms. The molecule has 0 amide bonds. The molecule has 0 saturated heterocycles. The normalized spacial score (nSPS) is 11.1. The summed E-state index contributed by atoms with van der Waals surface area (Å²) in [5.74, 6) is 0.